The number of piperazine rings is 1. The zero-order valence-corrected chi connectivity index (χ0v) is 13.5. The lowest BCUT2D eigenvalue weighted by molar-refractivity contribution is -0.160. The molecule has 0 aliphatic carbocycles. The molecule has 1 N–H and O–H groups in total. The van der Waals surface area contributed by atoms with Crippen LogP contribution in [-0.2, 0) is 16.1 Å². The largest absolute Gasteiger partial charge is 0.393 e. The second-order valence-electron chi connectivity index (χ2n) is 6.61. The van der Waals surface area contributed by atoms with Crippen LogP contribution in [0.3, 0.4) is 0 Å². The summed E-state index contributed by atoms with van der Waals surface area (Å²) in [5, 5.41) is 11.0. The highest BCUT2D eigenvalue weighted by Crippen LogP contribution is 2.24. The van der Waals surface area contributed by atoms with E-state index in [2.05, 4.69) is 22.8 Å². The topological polar surface area (TPSA) is 65.8 Å². The number of aliphatic hydroxyl groups excluding tert-OH is 1. The van der Waals surface area contributed by atoms with Crippen LogP contribution in [0.5, 0.6) is 0 Å². The molecule has 0 unspecified atom stereocenters. The van der Waals surface area contributed by atoms with Gasteiger partial charge in [0.1, 0.15) is 6.04 Å². The van der Waals surface area contributed by atoms with Crippen LogP contribution in [0.4, 0.5) is 0 Å². The van der Waals surface area contributed by atoms with Crippen LogP contribution in [0.15, 0.2) is 36.5 Å². The van der Waals surface area contributed by atoms with E-state index in [9.17, 15) is 14.7 Å². The number of benzene rings is 1. The molecule has 3 heterocycles. The number of rotatable bonds is 3. The van der Waals surface area contributed by atoms with Crippen LogP contribution in [0.25, 0.3) is 10.9 Å². The van der Waals surface area contributed by atoms with E-state index in [0.29, 0.717) is 32.5 Å². The minimum atomic E-state index is -0.489. The number of carbonyl (C=O) groups is 2. The van der Waals surface area contributed by atoms with Crippen molar-refractivity contribution in [2.24, 2.45) is 0 Å². The lowest BCUT2D eigenvalue weighted by Crippen LogP contribution is -2.63. The minimum Gasteiger partial charge on any atom is -0.393 e. The molecule has 126 valence electrons. The molecule has 1 aromatic carbocycles. The summed E-state index contributed by atoms with van der Waals surface area (Å²) in [7, 11) is 0. The third-order valence-corrected chi connectivity index (χ3v) is 5.11. The number of para-hydroxylation sites is 1. The van der Waals surface area contributed by atoms with Crippen LogP contribution in [0, 0.1) is 0 Å². The van der Waals surface area contributed by atoms with E-state index >= 15 is 0 Å². The molecule has 2 saturated heterocycles. The van der Waals surface area contributed by atoms with Crippen molar-refractivity contribution in [2.45, 2.75) is 31.5 Å². The van der Waals surface area contributed by atoms with Gasteiger partial charge in [0.25, 0.3) is 0 Å². The maximum Gasteiger partial charge on any atom is 0.246 e. The highest BCUT2D eigenvalue weighted by atomic mass is 16.3. The van der Waals surface area contributed by atoms with E-state index < -0.39 is 12.1 Å². The molecule has 0 spiro atoms. The molecule has 1 aromatic heterocycles. The summed E-state index contributed by atoms with van der Waals surface area (Å²) in [4.78, 5) is 28.3. The predicted molar refractivity (Wildman–Crippen MR) is 89.3 cm³/mol. The Labute approximate surface area is 140 Å². The first-order valence-electron chi connectivity index (χ1n) is 8.43. The first-order chi connectivity index (χ1) is 11.6. The number of hydrogen-bond acceptors (Lipinski definition) is 3. The highest BCUT2D eigenvalue weighted by molar-refractivity contribution is 5.95. The number of aromatic nitrogens is 1. The molecule has 6 nitrogen and oxygen atoms in total. The van der Waals surface area contributed by atoms with Gasteiger partial charge in [-0.3, -0.25) is 9.59 Å². The van der Waals surface area contributed by atoms with E-state index in [-0.39, 0.29) is 18.4 Å². The number of amides is 2. The Morgan fingerprint density at radius 1 is 1.12 bits per heavy atom. The quantitative estimate of drug-likeness (QED) is 0.908. The average Bonchev–Trinajstić information content (AvgIpc) is 3.00. The third kappa shape index (κ3) is 2.57. The van der Waals surface area contributed by atoms with Crippen molar-refractivity contribution < 1.29 is 14.7 Å². The van der Waals surface area contributed by atoms with Crippen LogP contribution < -0.4 is 0 Å². The van der Waals surface area contributed by atoms with Gasteiger partial charge in [0.15, 0.2) is 0 Å². The summed E-state index contributed by atoms with van der Waals surface area (Å²) < 4.78 is 2.11. The van der Waals surface area contributed by atoms with Crippen molar-refractivity contribution >= 4 is 22.7 Å². The molecule has 0 radical (unpaired) electrons. The zero-order valence-electron chi connectivity index (χ0n) is 13.5. The number of nitrogens with zero attached hydrogens (tertiary/aromatic N) is 3. The van der Waals surface area contributed by atoms with Gasteiger partial charge in [-0.25, -0.2) is 0 Å². The Morgan fingerprint density at radius 3 is 2.83 bits per heavy atom. The molecule has 2 amide bonds. The summed E-state index contributed by atoms with van der Waals surface area (Å²) in [5.74, 6) is -0.0475. The van der Waals surface area contributed by atoms with Crippen molar-refractivity contribution in [1.82, 2.24) is 14.4 Å². The highest BCUT2D eigenvalue weighted by Gasteiger charge is 2.42. The van der Waals surface area contributed by atoms with Gasteiger partial charge in [0.05, 0.1) is 12.6 Å². The zero-order chi connectivity index (χ0) is 16.7. The number of fused-ring (bicyclic) bond motifs is 2. The summed E-state index contributed by atoms with van der Waals surface area (Å²) >= 11 is 0. The van der Waals surface area contributed by atoms with Crippen LogP contribution >= 0.6 is 0 Å². The van der Waals surface area contributed by atoms with Gasteiger partial charge in [0, 0.05) is 37.8 Å². The Hall–Kier alpha value is -2.34. The van der Waals surface area contributed by atoms with Gasteiger partial charge in [-0.1, -0.05) is 18.2 Å². The summed E-state index contributed by atoms with van der Waals surface area (Å²) in [5.41, 5.74) is 1.13. The van der Waals surface area contributed by atoms with Crippen LogP contribution in [-0.4, -0.2) is 63.1 Å². The van der Waals surface area contributed by atoms with Crippen LogP contribution in [0.1, 0.15) is 12.8 Å². The second kappa shape index (κ2) is 5.94. The summed E-state index contributed by atoms with van der Waals surface area (Å²) in [6.45, 7) is 1.78. The molecule has 2 aromatic rings. The van der Waals surface area contributed by atoms with Crippen LogP contribution in [0.2, 0.25) is 0 Å². The first kappa shape index (κ1) is 15.2. The van der Waals surface area contributed by atoms with Gasteiger partial charge in [-0.2, -0.15) is 0 Å². The molecule has 24 heavy (non-hydrogen) atoms. The van der Waals surface area contributed by atoms with Crippen molar-refractivity contribution in [3.8, 4) is 0 Å². The normalized spacial score (nSPS) is 24.5. The molecule has 2 atom stereocenters. The van der Waals surface area contributed by atoms with Gasteiger partial charge < -0.3 is 19.5 Å². The van der Waals surface area contributed by atoms with Gasteiger partial charge in [0.2, 0.25) is 11.8 Å². The Bertz CT molecular complexity index is 785. The van der Waals surface area contributed by atoms with Crippen molar-refractivity contribution in [3.63, 3.8) is 0 Å². The SMILES string of the molecule is O=C1[C@@H]2C[C@H](O)CCN2C(=O)CN1CCn1ccc2ccccc21. The van der Waals surface area contributed by atoms with E-state index in [1.54, 1.807) is 9.80 Å². The Balaban J connectivity index is 1.48. The molecular formula is C18H21N3O3. The number of carbonyl (C=O) groups excluding carboxylic acids is 2. The van der Waals surface area contributed by atoms with Crippen molar-refractivity contribution in [3.05, 3.63) is 36.5 Å². The standard InChI is InChI=1S/C18H21N3O3/c22-14-6-8-21-16(11-14)18(24)20(12-17(21)23)10-9-19-7-5-13-3-1-2-4-15(13)19/h1-5,7,14,16,22H,6,8-12H2/t14-,16+/m1/s1. The van der Waals surface area contributed by atoms with Gasteiger partial charge in [-0.15, -0.1) is 0 Å². The molecule has 2 aliphatic heterocycles. The number of piperidine rings is 1. The lowest BCUT2D eigenvalue weighted by atomic mass is 9.96. The summed E-state index contributed by atoms with van der Waals surface area (Å²) in [6, 6.07) is 9.67. The Morgan fingerprint density at radius 2 is 1.96 bits per heavy atom. The minimum absolute atomic E-state index is 0.0103. The maximum absolute atomic E-state index is 12.7. The predicted octanol–water partition coefficient (Wildman–Crippen LogP) is 0.835. The fourth-order valence-corrected chi connectivity index (χ4v) is 3.78. The second-order valence-corrected chi connectivity index (χ2v) is 6.61. The lowest BCUT2D eigenvalue weighted by Gasteiger charge is -2.44. The molecule has 0 saturated carbocycles. The maximum atomic E-state index is 12.7. The van der Waals surface area contributed by atoms with E-state index in [4.69, 9.17) is 0 Å². The van der Waals surface area contributed by atoms with Gasteiger partial charge >= 0.3 is 0 Å². The monoisotopic (exact) mass is 327 g/mol. The molecule has 2 aliphatic rings. The van der Waals surface area contributed by atoms with Crippen molar-refractivity contribution in [1.29, 1.82) is 0 Å². The molecule has 0 bridgehead atoms. The third-order valence-electron chi connectivity index (χ3n) is 5.11. The molecule has 4 rings (SSSR count). The van der Waals surface area contributed by atoms with Crippen molar-refractivity contribution in [2.75, 3.05) is 19.6 Å². The Kier molecular flexibility index (Phi) is 3.76. The first-order valence-corrected chi connectivity index (χ1v) is 8.43. The van der Waals surface area contributed by atoms with E-state index in [0.717, 1.165) is 5.52 Å². The fraction of sp³-hybridized carbons (Fsp3) is 0.444. The molecule has 2 fully saturated rings. The fourth-order valence-electron chi connectivity index (χ4n) is 3.78. The smallest absolute Gasteiger partial charge is 0.246 e. The van der Waals surface area contributed by atoms with Gasteiger partial charge in [-0.05, 0) is 23.9 Å². The number of aliphatic hydroxyl groups is 1. The van der Waals surface area contributed by atoms with E-state index in [1.165, 1.54) is 5.39 Å². The molecular weight excluding hydrogens is 306 g/mol. The van der Waals surface area contributed by atoms with E-state index in [1.807, 2.05) is 18.3 Å². The average molecular weight is 327 g/mol. The summed E-state index contributed by atoms with van der Waals surface area (Å²) in [6.07, 6.45) is 2.44. The number of hydrogen-bond donors (Lipinski definition) is 1. The molecule has 6 heteroatoms.